The predicted molar refractivity (Wildman–Crippen MR) is 83.2 cm³/mol. The van der Waals surface area contributed by atoms with E-state index in [1.54, 1.807) is 11.3 Å². The fourth-order valence-electron chi connectivity index (χ4n) is 1.48. The minimum Gasteiger partial charge on any atom is -0.378 e. The summed E-state index contributed by atoms with van der Waals surface area (Å²) in [4.78, 5) is 1.33. The minimum atomic E-state index is 0.328. The first kappa shape index (κ1) is 12.4. The summed E-state index contributed by atoms with van der Waals surface area (Å²) in [5.74, 6) is 0. The molecule has 1 aromatic heterocycles. The van der Waals surface area contributed by atoms with Gasteiger partial charge in [0.1, 0.15) is 0 Å². The quantitative estimate of drug-likeness (QED) is 0.681. The van der Waals surface area contributed by atoms with E-state index in [4.69, 9.17) is 0 Å². The van der Waals surface area contributed by atoms with E-state index >= 15 is 0 Å². The molecular formula is C12H11BrINS. The number of thiophene rings is 1. The Kier molecular flexibility index (Phi) is 4.27. The summed E-state index contributed by atoms with van der Waals surface area (Å²) in [6.07, 6.45) is 0. The van der Waals surface area contributed by atoms with Crippen molar-refractivity contribution in [2.45, 2.75) is 13.0 Å². The second-order valence-corrected chi connectivity index (χ2v) is 6.55. The molecule has 0 fully saturated rings. The zero-order valence-corrected chi connectivity index (χ0v) is 13.3. The van der Waals surface area contributed by atoms with Crippen molar-refractivity contribution in [2.75, 3.05) is 5.32 Å². The Bertz CT molecular complexity index is 466. The number of rotatable bonds is 3. The molecular weight excluding hydrogens is 397 g/mol. The topological polar surface area (TPSA) is 12.0 Å². The van der Waals surface area contributed by atoms with Crippen molar-refractivity contribution < 1.29 is 0 Å². The maximum atomic E-state index is 3.56. The van der Waals surface area contributed by atoms with E-state index in [1.165, 1.54) is 12.9 Å². The lowest BCUT2D eigenvalue weighted by molar-refractivity contribution is 0.903. The van der Waals surface area contributed by atoms with Crippen molar-refractivity contribution in [1.82, 2.24) is 0 Å². The highest BCUT2D eigenvalue weighted by Gasteiger charge is 2.10. The third-order valence-electron chi connectivity index (χ3n) is 2.27. The molecule has 0 saturated heterocycles. The van der Waals surface area contributed by atoms with Crippen LogP contribution in [0.5, 0.6) is 0 Å². The van der Waals surface area contributed by atoms with Gasteiger partial charge in [0.15, 0.2) is 0 Å². The summed E-state index contributed by atoms with van der Waals surface area (Å²) in [6, 6.07) is 10.9. The SMILES string of the molecule is CC(Nc1ccc(I)cc1)c1sccc1Br. The molecule has 1 unspecified atom stereocenters. The van der Waals surface area contributed by atoms with Crippen molar-refractivity contribution in [2.24, 2.45) is 0 Å². The first-order chi connectivity index (χ1) is 7.66. The van der Waals surface area contributed by atoms with Gasteiger partial charge in [0.25, 0.3) is 0 Å². The Hall–Kier alpha value is -0.0700. The molecule has 1 N–H and O–H groups in total. The van der Waals surface area contributed by atoms with Crippen molar-refractivity contribution in [3.63, 3.8) is 0 Å². The smallest absolute Gasteiger partial charge is 0.0589 e. The second kappa shape index (κ2) is 5.51. The molecule has 0 aliphatic heterocycles. The van der Waals surface area contributed by atoms with Gasteiger partial charge >= 0.3 is 0 Å². The number of hydrogen-bond acceptors (Lipinski definition) is 2. The lowest BCUT2D eigenvalue weighted by atomic mass is 10.2. The molecule has 1 nitrogen and oxygen atoms in total. The van der Waals surface area contributed by atoms with Crippen LogP contribution < -0.4 is 5.32 Å². The Labute approximate surface area is 122 Å². The van der Waals surface area contributed by atoms with Crippen LogP contribution in [0.2, 0.25) is 0 Å². The predicted octanol–water partition coefficient (Wildman–Crippen LogP) is 5.29. The Balaban J connectivity index is 2.10. The molecule has 0 radical (unpaired) electrons. The van der Waals surface area contributed by atoms with Gasteiger partial charge in [-0.05, 0) is 81.2 Å². The molecule has 16 heavy (non-hydrogen) atoms. The maximum Gasteiger partial charge on any atom is 0.0589 e. The Morgan fingerprint density at radius 1 is 1.25 bits per heavy atom. The van der Waals surface area contributed by atoms with Gasteiger partial charge in [-0.25, -0.2) is 0 Å². The summed E-state index contributed by atoms with van der Waals surface area (Å²) < 4.78 is 2.44. The van der Waals surface area contributed by atoms with E-state index in [0.29, 0.717) is 6.04 Å². The lowest BCUT2D eigenvalue weighted by Crippen LogP contribution is -2.05. The summed E-state index contributed by atoms with van der Waals surface area (Å²) in [5.41, 5.74) is 1.16. The zero-order valence-electron chi connectivity index (χ0n) is 8.71. The molecule has 84 valence electrons. The first-order valence-corrected chi connectivity index (χ1v) is 7.67. The third-order valence-corrected chi connectivity index (χ3v) is 5.04. The van der Waals surface area contributed by atoms with Crippen LogP contribution in [0.1, 0.15) is 17.8 Å². The molecule has 0 spiro atoms. The molecule has 0 aliphatic carbocycles. The molecule has 0 aliphatic rings. The molecule has 1 heterocycles. The van der Waals surface area contributed by atoms with Gasteiger partial charge in [0.05, 0.1) is 6.04 Å². The van der Waals surface area contributed by atoms with Gasteiger partial charge in [0.2, 0.25) is 0 Å². The number of benzene rings is 1. The molecule has 4 heteroatoms. The third kappa shape index (κ3) is 2.99. The van der Waals surface area contributed by atoms with Crippen molar-refractivity contribution in [3.05, 3.63) is 48.6 Å². The van der Waals surface area contributed by atoms with E-state index in [-0.39, 0.29) is 0 Å². The van der Waals surface area contributed by atoms with Crippen LogP contribution in [0.15, 0.2) is 40.2 Å². The fraction of sp³-hybridized carbons (Fsp3) is 0.167. The fourth-order valence-corrected chi connectivity index (χ4v) is 3.56. The summed E-state index contributed by atoms with van der Waals surface area (Å²) in [6.45, 7) is 2.18. The van der Waals surface area contributed by atoms with E-state index in [0.717, 1.165) is 5.69 Å². The number of anilines is 1. The van der Waals surface area contributed by atoms with E-state index in [1.807, 2.05) is 0 Å². The van der Waals surface area contributed by atoms with Crippen LogP contribution in [-0.4, -0.2) is 0 Å². The van der Waals surface area contributed by atoms with E-state index < -0.39 is 0 Å². The largest absolute Gasteiger partial charge is 0.378 e. The average Bonchev–Trinajstić information content (AvgIpc) is 2.68. The highest BCUT2D eigenvalue weighted by molar-refractivity contribution is 14.1. The Morgan fingerprint density at radius 3 is 2.50 bits per heavy atom. The van der Waals surface area contributed by atoms with Gasteiger partial charge in [-0.2, -0.15) is 0 Å². The van der Waals surface area contributed by atoms with Gasteiger partial charge in [-0.1, -0.05) is 0 Å². The van der Waals surface area contributed by atoms with Crippen LogP contribution >= 0.6 is 49.9 Å². The molecule has 0 amide bonds. The minimum absolute atomic E-state index is 0.328. The van der Waals surface area contributed by atoms with Crippen LogP contribution in [0.4, 0.5) is 5.69 Å². The highest BCUT2D eigenvalue weighted by Crippen LogP contribution is 2.31. The number of nitrogens with one attached hydrogen (secondary N) is 1. The molecule has 1 atom stereocenters. The monoisotopic (exact) mass is 407 g/mol. The summed E-state index contributed by atoms with van der Waals surface area (Å²) in [7, 11) is 0. The van der Waals surface area contributed by atoms with Crippen LogP contribution in [0.25, 0.3) is 0 Å². The van der Waals surface area contributed by atoms with E-state index in [9.17, 15) is 0 Å². The lowest BCUT2D eigenvalue weighted by Gasteiger charge is -2.14. The number of halogens is 2. The second-order valence-electron chi connectivity index (χ2n) is 3.51. The summed E-state index contributed by atoms with van der Waals surface area (Å²) in [5, 5.41) is 5.59. The average molecular weight is 408 g/mol. The van der Waals surface area contributed by atoms with E-state index in [2.05, 4.69) is 86.5 Å². The van der Waals surface area contributed by atoms with Gasteiger partial charge in [0, 0.05) is 18.6 Å². The van der Waals surface area contributed by atoms with Crippen LogP contribution in [0, 0.1) is 3.57 Å². The molecule has 1 aromatic carbocycles. The molecule has 0 bridgehead atoms. The van der Waals surface area contributed by atoms with Crippen LogP contribution in [0.3, 0.4) is 0 Å². The molecule has 0 saturated carbocycles. The van der Waals surface area contributed by atoms with Crippen molar-refractivity contribution >= 4 is 55.5 Å². The van der Waals surface area contributed by atoms with Crippen molar-refractivity contribution in [3.8, 4) is 0 Å². The maximum absolute atomic E-state index is 3.56. The first-order valence-electron chi connectivity index (χ1n) is 4.92. The van der Waals surface area contributed by atoms with Crippen LogP contribution in [-0.2, 0) is 0 Å². The standard InChI is InChI=1S/C12H11BrINS/c1-8(12-11(13)6-7-16-12)15-10-4-2-9(14)3-5-10/h2-8,15H,1H3. The van der Waals surface area contributed by atoms with Gasteiger partial charge < -0.3 is 5.32 Å². The zero-order chi connectivity index (χ0) is 11.5. The number of hydrogen-bond donors (Lipinski definition) is 1. The molecule has 2 aromatic rings. The van der Waals surface area contributed by atoms with Gasteiger partial charge in [-0.3, -0.25) is 0 Å². The highest BCUT2D eigenvalue weighted by atomic mass is 127. The Morgan fingerprint density at radius 2 is 1.94 bits per heavy atom. The normalized spacial score (nSPS) is 12.4. The molecule has 2 rings (SSSR count). The van der Waals surface area contributed by atoms with Crippen molar-refractivity contribution in [1.29, 1.82) is 0 Å². The van der Waals surface area contributed by atoms with Gasteiger partial charge in [-0.15, -0.1) is 11.3 Å². The summed E-state index contributed by atoms with van der Waals surface area (Å²) >= 11 is 7.64.